The first-order chi connectivity index (χ1) is 5.70. The van der Waals surface area contributed by atoms with E-state index in [0.29, 0.717) is 19.3 Å². The SMILES string of the molecule is CNC(=O)CCCCC(=O)NO. The van der Waals surface area contributed by atoms with Gasteiger partial charge in [-0.2, -0.15) is 0 Å². The van der Waals surface area contributed by atoms with Crippen LogP contribution >= 0.6 is 0 Å². The molecule has 0 aliphatic carbocycles. The Morgan fingerprint density at radius 2 is 1.67 bits per heavy atom. The average Bonchev–Trinajstić information content (AvgIpc) is 2.11. The summed E-state index contributed by atoms with van der Waals surface area (Å²) in [7, 11) is 1.57. The van der Waals surface area contributed by atoms with E-state index < -0.39 is 5.91 Å². The van der Waals surface area contributed by atoms with Gasteiger partial charge in [-0.3, -0.25) is 14.8 Å². The molecule has 0 unspecified atom stereocenters. The smallest absolute Gasteiger partial charge is 0.243 e. The molecule has 0 saturated carbocycles. The Balaban J connectivity index is 3.21. The molecule has 0 aliphatic heterocycles. The third kappa shape index (κ3) is 5.67. The Labute approximate surface area is 71.1 Å². The van der Waals surface area contributed by atoms with Crippen LogP contribution < -0.4 is 10.8 Å². The van der Waals surface area contributed by atoms with E-state index in [0.717, 1.165) is 0 Å². The van der Waals surface area contributed by atoms with Gasteiger partial charge in [0.05, 0.1) is 0 Å². The zero-order chi connectivity index (χ0) is 9.40. The van der Waals surface area contributed by atoms with Crippen LogP contribution in [0, 0.1) is 0 Å². The first-order valence-electron chi connectivity index (χ1n) is 3.84. The Morgan fingerprint density at radius 1 is 1.17 bits per heavy atom. The van der Waals surface area contributed by atoms with Crippen molar-refractivity contribution in [3.8, 4) is 0 Å². The first kappa shape index (κ1) is 10.9. The molecule has 0 aromatic carbocycles. The molecule has 0 aromatic rings. The van der Waals surface area contributed by atoms with Crippen LogP contribution in [0.4, 0.5) is 0 Å². The summed E-state index contributed by atoms with van der Waals surface area (Å²) < 4.78 is 0. The molecule has 12 heavy (non-hydrogen) atoms. The summed E-state index contributed by atoms with van der Waals surface area (Å²) in [6.07, 6.45) is 1.95. The Kier molecular flexibility index (Phi) is 6.00. The monoisotopic (exact) mass is 174 g/mol. The Hall–Kier alpha value is -1.10. The summed E-state index contributed by atoms with van der Waals surface area (Å²) >= 11 is 0. The van der Waals surface area contributed by atoms with Crippen molar-refractivity contribution in [2.45, 2.75) is 25.7 Å². The molecule has 0 atom stereocenters. The van der Waals surface area contributed by atoms with Gasteiger partial charge < -0.3 is 5.32 Å². The summed E-state index contributed by atoms with van der Waals surface area (Å²) in [4.78, 5) is 21.1. The van der Waals surface area contributed by atoms with Gasteiger partial charge in [0, 0.05) is 19.9 Å². The van der Waals surface area contributed by atoms with Crippen LogP contribution in [0.3, 0.4) is 0 Å². The van der Waals surface area contributed by atoms with Crippen molar-refractivity contribution in [3.05, 3.63) is 0 Å². The van der Waals surface area contributed by atoms with E-state index in [1.54, 1.807) is 7.05 Å². The lowest BCUT2D eigenvalue weighted by Gasteiger charge is -1.99. The molecule has 0 radical (unpaired) electrons. The van der Waals surface area contributed by atoms with Crippen LogP contribution in [-0.4, -0.2) is 24.1 Å². The van der Waals surface area contributed by atoms with Crippen LogP contribution in [0.1, 0.15) is 25.7 Å². The molecule has 5 nitrogen and oxygen atoms in total. The van der Waals surface area contributed by atoms with E-state index in [-0.39, 0.29) is 12.3 Å². The number of carbonyl (C=O) groups is 2. The fourth-order valence-electron chi connectivity index (χ4n) is 0.752. The maximum absolute atomic E-state index is 10.7. The van der Waals surface area contributed by atoms with Crippen LogP contribution in [0.5, 0.6) is 0 Å². The molecule has 0 bridgehead atoms. The van der Waals surface area contributed by atoms with E-state index in [9.17, 15) is 9.59 Å². The average molecular weight is 174 g/mol. The lowest BCUT2D eigenvalue weighted by atomic mass is 10.2. The largest absolute Gasteiger partial charge is 0.359 e. The second-order valence-corrected chi connectivity index (χ2v) is 2.42. The maximum atomic E-state index is 10.7. The minimum absolute atomic E-state index is 0.0283. The highest BCUT2D eigenvalue weighted by molar-refractivity contribution is 5.76. The molecular formula is C7H14N2O3. The van der Waals surface area contributed by atoms with Gasteiger partial charge in [-0.25, -0.2) is 5.48 Å². The van der Waals surface area contributed by atoms with E-state index in [1.165, 1.54) is 5.48 Å². The topological polar surface area (TPSA) is 78.4 Å². The van der Waals surface area contributed by atoms with Gasteiger partial charge in [-0.05, 0) is 12.8 Å². The van der Waals surface area contributed by atoms with Gasteiger partial charge in [0.25, 0.3) is 0 Å². The summed E-state index contributed by atoms with van der Waals surface area (Å²) in [5, 5.41) is 10.6. The molecule has 0 heterocycles. The van der Waals surface area contributed by atoms with Crippen LogP contribution in [0.15, 0.2) is 0 Å². The summed E-state index contributed by atoms with van der Waals surface area (Å²) in [6.45, 7) is 0. The van der Waals surface area contributed by atoms with Gasteiger partial charge in [0.1, 0.15) is 0 Å². The lowest BCUT2D eigenvalue weighted by Crippen LogP contribution is -2.19. The number of amides is 2. The molecule has 2 amide bonds. The molecule has 70 valence electrons. The predicted octanol–water partition coefficient (Wildman–Crippen LogP) is -0.202. The second-order valence-electron chi connectivity index (χ2n) is 2.42. The van der Waals surface area contributed by atoms with Gasteiger partial charge in [0.2, 0.25) is 11.8 Å². The fraction of sp³-hybridized carbons (Fsp3) is 0.714. The van der Waals surface area contributed by atoms with E-state index >= 15 is 0 Å². The van der Waals surface area contributed by atoms with Crippen molar-refractivity contribution in [2.75, 3.05) is 7.05 Å². The van der Waals surface area contributed by atoms with Crippen LogP contribution in [0.2, 0.25) is 0 Å². The molecule has 3 N–H and O–H groups in total. The molecule has 0 fully saturated rings. The summed E-state index contributed by atoms with van der Waals surface area (Å²) in [5.74, 6) is -0.439. The number of rotatable bonds is 5. The van der Waals surface area contributed by atoms with E-state index in [2.05, 4.69) is 5.32 Å². The third-order valence-electron chi connectivity index (χ3n) is 1.46. The molecule has 0 spiro atoms. The minimum Gasteiger partial charge on any atom is -0.359 e. The highest BCUT2D eigenvalue weighted by Crippen LogP contribution is 1.98. The normalized spacial score (nSPS) is 9.17. The molecule has 0 saturated heterocycles. The number of nitrogens with one attached hydrogen (secondary N) is 2. The lowest BCUT2D eigenvalue weighted by molar-refractivity contribution is -0.129. The molecule has 0 aromatic heterocycles. The van der Waals surface area contributed by atoms with Crippen molar-refractivity contribution in [3.63, 3.8) is 0 Å². The number of hydrogen-bond donors (Lipinski definition) is 3. The summed E-state index contributed by atoms with van der Waals surface area (Å²) in [5.41, 5.74) is 1.53. The second kappa shape index (κ2) is 6.60. The number of carbonyl (C=O) groups excluding carboxylic acids is 2. The van der Waals surface area contributed by atoms with Crippen molar-refractivity contribution in [1.29, 1.82) is 0 Å². The van der Waals surface area contributed by atoms with Gasteiger partial charge in [0.15, 0.2) is 0 Å². The molecule has 0 aliphatic rings. The maximum Gasteiger partial charge on any atom is 0.243 e. The van der Waals surface area contributed by atoms with Crippen molar-refractivity contribution in [1.82, 2.24) is 10.8 Å². The summed E-state index contributed by atoms with van der Waals surface area (Å²) in [6, 6.07) is 0. The predicted molar refractivity (Wildman–Crippen MR) is 42.5 cm³/mol. The van der Waals surface area contributed by atoms with Crippen molar-refractivity contribution < 1.29 is 14.8 Å². The fourth-order valence-corrected chi connectivity index (χ4v) is 0.752. The van der Waals surface area contributed by atoms with Crippen molar-refractivity contribution in [2.24, 2.45) is 0 Å². The van der Waals surface area contributed by atoms with Crippen molar-refractivity contribution >= 4 is 11.8 Å². The van der Waals surface area contributed by atoms with Gasteiger partial charge in [-0.15, -0.1) is 0 Å². The number of hydrogen-bond acceptors (Lipinski definition) is 3. The quantitative estimate of drug-likeness (QED) is 0.307. The highest BCUT2D eigenvalue weighted by Gasteiger charge is 2.00. The molecular weight excluding hydrogens is 160 g/mol. The Morgan fingerprint density at radius 3 is 2.08 bits per heavy atom. The standard InChI is InChI=1S/C7H14N2O3/c1-8-6(10)4-2-3-5-7(11)9-12/h12H,2-5H2,1H3,(H,8,10)(H,9,11). The minimum atomic E-state index is -0.410. The van der Waals surface area contributed by atoms with Crippen LogP contribution in [-0.2, 0) is 9.59 Å². The van der Waals surface area contributed by atoms with Gasteiger partial charge in [-0.1, -0.05) is 0 Å². The molecule has 5 heteroatoms. The zero-order valence-corrected chi connectivity index (χ0v) is 7.09. The Bertz CT molecular complexity index is 141. The van der Waals surface area contributed by atoms with E-state index in [1.807, 2.05) is 0 Å². The van der Waals surface area contributed by atoms with Crippen LogP contribution in [0.25, 0.3) is 0 Å². The first-order valence-corrected chi connectivity index (χ1v) is 3.84. The zero-order valence-electron chi connectivity index (χ0n) is 7.09. The molecule has 0 rings (SSSR count). The van der Waals surface area contributed by atoms with Gasteiger partial charge >= 0.3 is 0 Å². The highest BCUT2D eigenvalue weighted by atomic mass is 16.5. The number of unbranched alkanes of at least 4 members (excludes halogenated alkanes) is 1. The third-order valence-corrected chi connectivity index (χ3v) is 1.46. The van der Waals surface area contributed by atoms with E-state index in [4.69, 9.17) is 5.21 Å². The number of hydroxylamine groups is 1.